The third-order valence-corrected chi connectivity index (χ3v) is 7.17. The van der Waals surface area contributed by atoms with E-state index in [1.165, 1.54) is 17.0 Å². The molecule has 3 heterocycles. The molecule has 2 unspecified atom stereocenters. The Balaban J connectivity index is 1.24. The number of nitrogens with two attached hydrogens (primary N) is 1. The van der Waals surface area contributed by atoms with E-state index in [9.17, 15) is 22.4 Å². The minimum atomic E-state index is -4.81. The molecule has 6 nitrogen and oxygen atoms in total. The molecule has 2 aliphatic heterocycles. The highest BCUT2D eigenvalue weighted by molar-refractivity contribution is 5.95. The van der Waals surface area contributed by atoms with E-state index >= 15 is 0 Å². The molecule has 1 aromatic heterocycles. The lowest BCUT2D eigenvalue weighted by Gasteiger charge is -2.23. The lowest BCUT2D eigenvalue weighted by atomic mass is 10.0. The lowest BCUT2D eigenvalue weighted by molar-refractivity contribution is -0.143. The number of hydrogen-bond acceptors (Lipinski definition) is 4. The van der Waals surface area contributed by atoms with Gasteiger partial charge in [0.05, 0.1) is 17.4 Å². The number of amides is 1. The van der Waals surface area contributed by atoms with E-state index in [-0.39, 0.29) is 23.6 Å². The highest BCUT2D eigenvalue weighted by Gasteiger charge is 2.45. The first-order chi connectivity index (χ1) is 17.2. The van der Waals surface area contributed by atoms with Crippen molar-refractivity contribution < 1.29 is 22.4 Å². The molecule has 5 rings (SSSR count). The second kappa shape index (κ2) is 9.67. The quantitative estimate of drug-likeness (QED) is 0.516. The summed E-state index contributed by atoms with van der Waals surface area (Å²) in [4.78, 5) is 17.0. The van der Waals surface area contributed by atoms with Crippen molar-refractivity contribution in [1.29, 1.82) is 0 Å². The molecule has 2 aliphatic rings. The van der Waals surface area contributed by atoms with Gasteiger partial charge in [0.25, 0.3) is 5.91 Å². The molecular weight excluding hydrogens is 474 g/mol. The van der Waals surface area contributed by atoms with Crippen LogP contribution in [0.3, 0.4) is 0 Å². The monoisotopic (exact) mass is 501 g/mol. The van der Waals surface area contributed by atoms with Crippen LogP contribution in [-0.4, -0.2) is 58.2 Å². The number of nitrogens with zero attached hydrogens (tertiary/aromatic N) is 4. The van der Waals surface area contributed by atoms with Crippen LogP contribution < -0.4 is 5.73 Å². The zero-order valence-electron chi connectivity index (χ0n) is 19.5. The van der Waals surface area contributed by atoms with Gasteiger partial charge in [-0.2, -0.15) is 18.3 Å². The van der Waals surface area contributed by atoms with Gasteiger partial charge in [-0.3, -0.25) is 4.79 Å². The SMILES string of the molecule is N[C@@H](CCN1CC2CN(C(=O)c3cnn(-c4ccc(F)cc4)c3C(F)(F)F)CC2C1)c1ccccc1. The van der Waals surface area contributed by atoms with Crippen molar-refractivity contribution >= 4 is 5.91 Å². The molecule has 190 valence electrons. The van der Waals surface area contributed by atoms with E-state index in [0.29, 0.717) is 17.8 Å². The van der Waals surface area contributed by atoms with Crippen molar-refractivity contribution in [2.75, 3.05) is 32.7 Å². The van der Waals surface area contributed by atoms with Crippen molar-refractivity contribution in [1.82, 2.24) is 19.6 Å². The van der Waals surface area contributed by atoms with Gasteiger partial charge >= 0.3 is 6.18 Å². The van der Waals surface area contributed by atoms with Crippen molar-refractivity contribution in [3.63, 3.8) is 0 Å². The number of likely N-dealkylation sites (tertiary alicyclic amines) is 2. The number of rotatable bonds is 6. The van der Waals surface area contributed by atoms with E-state index in [1.807, 2.05) is 30.3 Å². The molecule has 1 amide bonds. The molecule has 0 bridgehead atoms. The Kier molecular flexibility index (Phi) is 6.57. The summed E-state index contributed by atoms with van der Waals surface area (Å²) >= 11 is 0. The largest absolute Gasteiger partial charge is 0.434 e. The highest BCUT2D eigenvalue weighted by atomic mass is 19.4. The summed E-state index contributed by atoms with van der Waals surface area (Å²) in [6.07, 6.45) is -3.04. The van der Waals surface area contributed by atoms with Gasteiger partial charge in [0.1, 0.15) is 5.82 Å². The van der Waals surface area contributed by atoms with Gasteiger partial charge in [-0.05, 0) is 54.6 Å². The molecule has 2 aromatic carbocycles. The molecule has 0 saturated carbocycles. The third-order valence-electron chi connectivity index (χ3n) is 7.17. The fourth-order valence-electron chi connectivity index (χ4n) is 5.35. The predicted molar refractivity (Wildman–Crippen MR) is 126 cm³/mol. The molecule has 10 heteroatoms. The average Bonchev–Trinajstić information content (AvgIpc) is 3.56. The zero-order valence-corrected chi connectivity index (χ0v) is 19.5. The Morgan fingerprint density at radius 3 is 2.25 bits per heavy atom. The fourth-order valence-corrected chi connectivity index (χ4v) is 5.35. The Morgan fingerprint density at radius 1 is 1.00 bits per heavy atom. The van der Waals surface area contributed by atoms with Crippen LogP contribution in [0.15, 0.2) is 60.8 Å². The molecule has 3 atom stereocenters. The first kappa shape index (κ1) is 24.5. The molecule has 36 heavy (non-hydrogen) atoms. The molecule has 0 spiro atoms. The summed E-state index contributed by atoms with van der Waals surface area (Å²) in [5.74, 6) is -0.829. The summed E-state index contributed by atoms with van der Waals surface area (Å²) in [5.41, 5.74) is 5.81. The summed E-state index contributed by atoms with van der Waals surface area (Å²) in [5, 5.41) is 3.83. The van der Waals surface area contributed by atoms with Crippen LogP contribution in [0.1, 0.15) is 34.1 Å². The molecule has 2 saturated heterocycles. The van der Waals surface area contributed by atoms with Gasteiger partial charge in [-0.15, -0.1) is 0 Å². The van der Waals surface area contributed by atoms with E-state index < -0.39 is 29.2 Å². The van der Waals surface area contributed by atoms with Crippen LogP contribution >= 0.6 is 0 Å². The van der Waals surface area contributed by atoms with Crippen LogP contribution in [0.2, 0.25) is 0 Å². The highest BCUT2D eigenvalue weighted by Crippen LogP contribution is 2.37. The van der Waals surface area contributed by atoms with Crippen molar-refractivity contribution in [2.24, 2.45) is 17.6 Å². The maximum atomic E-state index is 14.0. The molecule has 3 aromatic rings. The Hall–Kier alpha value is -3.24. The summed E-state index contributed by atoms with van der Waals surface area (Å²) in [7, 11) is 0. The van der Waals surface area contributed by atoms with E-state index in [1.54, 1.807) is 0 Å². The molecular formula is C26H27F4N5O. The number of carbonyl (C=O) groups excluding carboxylic acids is 1. The topological polar surface area (TPSA) is 67.4 Å². The van der Waals surface area contributed by atoms with Gasteiger partial charge < -0.3 is 15.5 Å². The zero-order chi connectivity index (χ0) is 25.4. The van der Waals surface area contributed by atoms with E-state index in [4.69, 9.17) is 5.73 Å². The van der Waals surface area contributed by atoms with Crippen LogP contribution in [0.4, 0.5) is 17.6 Å². The molecule has 0 aliphatic carbocycles. The van der Waals surface area contributed by atoms with Gasteiger partial charge in [0.15, 0.2) is 5.69 Å². The van der Waals surface area contributed by atoms with E-state index in [0.717, 1.165) is 49.9 Å². The normalized spacial score (nSPS) is 21.1. The number of benzene rings is 2. The number of carbonyl (C=O) groups is 1. The van der Waals surface area contributed by atoms with Crippen molar-refractivity contribution in [3.05, 3.63) is 83.4 Å². The van der Waals surface area contributed by atoms with Crippen LogP contribution in [0.5, 0.6) is 0 Å². The summed E-state index contributed by atoms with van der Waals surface area (Å²) < 4.78 is 55.9. The van der Waals surface area contributed by atoms with Crippen LogP contribution in [0.25, 0.3) is 5.69 Å². The smallest absolute Gasteiger partial charge is 0.338 e. The number of fused-ring (bicyclic) bond motifs is 1. The van der Waals surface area contributed by atoms with Gasteiger partial charge in [0.2, 0.25) is 0 Å². The maximum absolute atomic E-state index is 14.0. The summed E-state index contributed by atoms with van der Waals surface area (Å²) in [6.45, 7) is 3.22. The lowest BCUT2D eigenvalue weighted by Crippen LogP contribution is -2.35. The van der Waals surface area contributed by atoms with Crippen LogP contribution in [0, 0.1) is 17.7 Å². The molecule has 2 fully saturated rings. The van der Waals surface area contributed by atoms with E-state index in [2.05, 4.69) is 10.00 Å². The minimum absolute atomic E-state index is 0.0328. The van der Waals surface area contributed by atoms with Gasteiger partial charge in [-0.25, -0.2) is 9.07 Å². The Labute approximate surface area is 206 Å². The predicted octanol–water partition coefficient (Wildman–Crippen LogP) is 4.12. The minimum Gasteiger partial charge on any atom is -0.338 e. The molecule has 2 N–H and O–H groups in total. The second-order valence-electron chi connectivity index (χ2n) is 9.59. The number of alkyl halides is 3. The first-order valence-corrected chi connectivity index (χ1v) is 11.9. The van der Waals surface area contributed by atoms with Gasteiger partial charge in [-0.1, -0.05) is 30.3 Å². The maximum Gasteiger partial charge on any atom is 0.434 e. The summed E-state index contributed by atoms with van der Waals surface area (Å²) in [6, 6.07) is 14.4. The van der Waals surface area contributed by atoms with Crippen molar-refractivity contribution in [2.45, 2.75) is 18.6 Å². The Morgan fingerprint density at radius 2 is 1.64 bits per heavy atom. The second-order valence-corrected chi connectivity index (χ2v) is 9.59. The number of aromatic nitrogens is 2. The van der Waals surface area contributed by atoms with Crippen LogP contribution in [-0.2, 0) is 6.18 Å². The third kappa shape index (κ3) is 4.87. The first-order valence-electron chi connectivity index (χ1n) is 11.9. The number of hydrogen-bond donors (Lipinski definition) is 1. The Bertz CT molecular complexity index is 1200. The fraction of sp³-hybridized carbons (Fsp3) is 0.385. The van der Waals surface area contributed by atoms with Crippen molar-refractivity contribution in [3.8, 4) is 5.69 Å². The standard InChI is InChI=1S/C26H27F4N5O/c27-20-6-8-21(9-7-20)35-24(26(28,29)30)22(12-32-35)25(36)34-15-18-13-33(14-19(18)16-34)11-10-23(31)17-4-2-1-3-5-17/h1-9,12,18-19,23H,10-11,13-16,31H2/t18?,19?,23-/m0/s1. The van der Waals surface area contributed by atoms with Gasteiger partial charge in [0, 0.05) is 32.2 Å². The average molecular weight is 502 g/mol. The molecule has 0 radical (unpaired) electrons. The number of halogens is 4.